The van der Waals surface area contributed by atoms with E-state index < -0.39 is 0 Å². The number of nitrogens with zero attached hydrogens (tertiary/aromatic N) is 1. The molecule has 2 atom stereocenters. The van der Waals surface area contributed by atoms with E-state index >= 15 is 0 Å². The van der Waals surface area contributed by atoms with E-state index in [1.807, 2.05) is 0 Å². The molecule has 0 amide bonds. The summed E-state index contributed by atoms with van der Waals surface area (Å²) in [7, 11) is 0. The van der Waals surface area contributed by atoms with Gasteiger partial charge < -0.3 is 0 Å². The Morgan fingerprint density at radius 3 is 3.08 bits per heavy atom. The number of likely N-dealkylation sites (tertiary alicyclic amines) is 1. The van der Waals surface area contributed by atoms with Crippen molar-refractivity contribution in [3.8, 4) is 0 Å². The molecular weight excluding hydrogens is 146 g/mol. The normalized spacial score (nSPS) is 34.2. The highest BCUT2D eigenvalue weighted by Crippen LogP contribution is 2.42. The number of fused-ring (bicyclic) bond motifs is 1. The summed E-state index contributed by atoms with van der Waals surface area (Å²) < 4.78 is 0. The predicted molar refractivity (Wildman–Crippen MR) is 52.1 cm³/mol. The molecule has 0 spiro atoms. The lowest BCUT2D eigenvalue weighted by atomic mass is 10.1. The highest BCUT2D eigenvalue weighted by Gasteiger charge is 2.43. The van der Waals surface area contributed by atoms with E-state index in [2.05, 4.69) is 24.8 Å². The summed E-state index contributed by atoms with van der Waals surface area (Å²) >= 11 is 0. The van der Waals surface area contributed by atoms with Gasteiger partial charge in [0.15, 0.2) is 0 Å². The van der Waals surface area contributed by atoms with Gasteiger partial charge in [-0.05, 0) is 45.6 Å². The van der Waals surface area contributed by atoms with Crippen LogP contribution in [0.3, 0.4) is 0 Å². The monoisotopic (exact) mass is 165 g/mol. The van der Waals surface area contributed by atoms with Gasteiger partial charge in [-0.3, -0.25) is 4.90 Å². The summed E-state index contributed by atoms with van der Waals surface area (Å²) in [6, 6.07) is 0.967. The zero-order valence-electron chi connectivity index (χ0n) is 8.21. The highest BCUT2D eigenvalue weighted by molar-refractivity contribution is 5.02. The summed E-state index contributed by atoms with van der Waals surface area (Å²) in [6.45, 7) is 6.91. The molecule has 1 saturated carbocycles. The largest absolute Gasteiger partial charge is 0.296 e. The van der Waals surface area contributed by atoms with Crippen LogP contribution in [0.2, 0.25) is 0 Å². The van der Waals surface area contributed by atoms with Crippen LogP contribution in [0.4, 0.5) is 0 Å². The molecule has 1 heterocycles. The SMILES string of the molecule is CC(C)=CCN1CCCC2CC21. The molecule has 2 rings (SSSR count). The minimum atomic E-state index is 0.967. The first-order valence-electron chi connectivity index (χ1n) is 5.15. The molecule has 1 aliphatic heterocycles. The molecule has 0 aromatic rings. The van der Waals surface area contributed by atoms with Crippen molar-refractivity contribution < 1.29 is 0 Å². The van der Waals surface area contributed by atoms with E-state index in [4.69, 9.17) is 0 Å². The predicted octanol–water partition coefficient (Wildman–Crippen LogP) is 2.44. The quantitative estimate of drug-likeness (QED) is 0.568. The van der Waals surface area contributed by atoms with Gasteiger partial charge >= 0.3 is 0 Å². The first-order valence-corrected chi connectivity index (χ1v) is 5.15. The van der Waals surface area contributed by atoms with Gasteiger partial charge in [0.05, 0.1) is 0 Å². The highest BCUT2D eigenvalue weighted by atomic mass is 15.2. The van der Waals surface area contributed by atoms with Gasteiger partial charge in [0.1, 0.15) is 0 Å². The van der Waals surface area contributed by atoms with Gasteiger partial charge in [0.25, 0.3) is 0 Å². The van der Waals surface area contributed by atoms with E-state index in [0.717, 1.165) is 12.0 Å². The van der Waals surface area contributed by atoms with Crippen molar-refractivity contribution in [2.75, 3.05) is 13.1 Å². The Morgan fingerprint density at radius 1 is 1.50 bits per heavy atom. The van der Waals surface area contributed by atoms with Crippen LogP contribution in [0.5, 0.6) is 0 Å². The maximum Gasteiger partial charge on any atom is 0.0168 e. The van der Waals surface area contributed by atoms with Crippen LogP contribution >= 0.6 is 0 Å². The van der Waals surface area contributed by atoms with Crippen molar-refractivity contribution in [1.82, 2.24) is 4.90 Å². The van der Waals surface area contributed by atoms with E-state index in [1.165, 1.54) is 37.9 Å². The average Bonchev–Trinajstić information content (AvgIpc) is 2.78. The zero-order valence-corrected chi connectivity index (χ0v) is 8.21. The molecule has 0 N–H and O–H groups in total. The van der Waals surface area contributed by atoms with Crippen molar-refractivity contribution in [2.45, 2.75) is 39.2 Å². The van der Waals surface area contributed by atoms with E-state index in [0.29, 0.717) is 0 Å². The summed E-state index contributed by atoms with van der Waals surface area (Å²) in [5.74, 6) is 1.07. The molecular formula is C11H19N. The second-order valence-electron chi connectivity index (χ2n) is 4.48. The molecule has 0 radical (unpaired) electrons. The van der Waals surface area contributed by atoms with Gasteiger partial charge in [-0.2, -0.15) is 0 Å². The molecule has 0 aromatic carbocycles. The van der Waals surface area contributed by atoms with Crippen LogP contribution in [0.15, 0.2) is 11.6 Å². The van der Waals surface area contributed by atoms with Gasteiger partial charge in [0, 0.05) is 12.6 Å². The fourth-order valence-electron chi connectivity index (χ4n) is 2.24. The maximum absolute atomic E-state index is 2.65. The van der Waals surface area contributed by atoms with Crippen molar-refractivity contribution in [3.05, 3.63) is 11.6 Å². The van der Waals surface area contributed by atoms with Crippen LogP contribution in [-0.4, -0.2) is 24.0 Å². The van der Waals surface area contributed by atoms with Crippen molar-refractivity contribution in [2.24, 2.45) is 5.92 Å². The Morgan fingerprint density at radius 2 is 2.33 bits per heavy atom. The third-order valence-electron chi connectivity index (χ3n) is 3.11. The van der Waals surface area contributed by atoms with Crippen LogP contribution in [0.25, 0.3) is 0 Å². The second-order valence-corrected chi connectivity index (χ2v) is 4.48. The number of rotatable bonds is 2. The minimum absolute atomic E-state index is 0.967. The van der Waals surface area contributed by atoms with E-state index in [9.17, 15) is 0 Å². The van der Waals surface area contributed by atoms with Crippen LogP contribution in [0.1, 0.15) is 33.1 Å². The number of allylic oxidation sites excluding steroid dienone is 1. The Labute approximate surface area is 75.4 Å². The van der Waals surface area contributed by atoms with Crippen LogP contribution < -0.4 is 0 Å². The molecule has 2 fully saturated rings. The van der Waals surface area contributed by atoms with Gasteiger partial charge in [0.2, 0.25) is 0 Å². The molecule has 0 bridgehead atoms. The smallest absolute Gasteiger partial charge is 0.0168 e. The van der Waals surface area contributed by atoms with E-state index in [-0.39, 0.29) is 0 Å². The van der Waals surface area contributed by atoms with Gasteiger partial charge in [-0.25, -0.2) is 0 Å². The fraction of sp³-hybridized carbons (Fsp3) is 0.818. The van der Waals surface area contributed by atoms with Crippen molar-refractivity contribution in [1.29, 1.82) is 0 Å². The Kier molecular flexibility index (Phi) is 2.22. The third-order valence-corrected chi connectivity index (χ3v) is 3.11. The lowest BCUT2D eigenvalue weighted by molar-refractivity contribution is 0.237. The average molecular weight is 165 g/mol. The van der Waals surface area contributed by atoms with Gasteiger partial charge in [-0.1, -0.05) is 11.6 Å². The second kappa shape index (κ2) is 3.21. The molecule has 68 valence electrons. The Hall–Kier alpha value is -0.300. The number of hydrogen-bond acceptors (Lipinski definition) is 1. The number of hydrogen-bond donors (Lipinski definition) is 0. The topological polar surface area (TPSA) is 3.24 Å². The molecule has 1 saturated heterocycles. The lowest BCUT2D eigenvalue weighted by Gasteiger charge is -2.25. The summed E-state index contributed by atoms with van der Waals surface area (Å²) in [5.41, 5.74) is 1.46. The Balaban J connectivity index is 1.84. The summed E-state index contributed by atoms with van der Waals surface area (Å²) in [4.78, 5) is 2.65. The zero-order chi connectivity index (χ0) is 8.55. The maximum atomic E-state index is 2.65. The fourth-order valence-corrected chi connectivity index (χ4v) is 2.24. The Bertz CT molecular complexity index is 191. The molecule has 2 unspecified atom stereocenters. The minimum Gasteiger partial charge on any atom is -0.296 e. The van der Waals surface area contributed by atoms with E-state index in [1.54, 1.807) is 0 Å². The third kappa shape index (κ3) is 1.71. The summed E-state index contributed by atoms with van der Waals surface area (Å²) in [6.07, 6.45) is 6.77. The number of piperidine rings is 1. The first-order chi connectivity index (χ1) is 5.77. The molecule has 0 aromatic heterocycles. The van der Waals surface area contributed by atoms with Gasteiger partial charge in [-0.15, -0.1) is 0 Å². The molecule has 1 heteroatoms. The molecule has 1 aliphatic carbocycles. The molecule has 12 heavy (non-hydrogen) atoms. The van der Waals surface area contributed by atoms with Crippen LogP contribution in [0, 0.1) is 5.92 Å². The molecule has 2 aliphatic rings. The first kappa shape index (κ1) is 8.31. The lowest BCUT2D eigenvalue weighted by Crippen LogP contribution is -2.31. The molecule has 1 nitrogen and oxygen atoms in total. The summed E-state index contributed by atoms with van der Waals surface area (Å²) in [5, 5.41) is 0. The van der Waals surface area contributed by atoms with Crippen LogP contribution in [-0.2, 0) is 0 Å². The van der Waals surface area contributed by atoms with Crippen molar-refractivity contribution >= 4 is 0 Å². The standard InChI is InChI=1S/C11H19N/c1-9(2)5-7-12-6-3-4-10-8-11(10)12/h5,10-11H,3-4,6-8H2,1-2H3. The van der Waals surface area contributed by atoms with Crippen molar-refractivity contribution in [3.63, 3.8) is 0 Å².